The Balaban J connectivity index is 1.39. The summed E-state index contributed by atoms with van der Waals surface area (Å²) in [5.41, 5.74) is 4.78. The number of carbonyl (C=O) groups is 1. The number of aliphatic hydroxyl groups excluding tert-OH is 1. The van der Waals surface area contributed by atoms with Crippen molar-refractivity contribution in [2.45, 2.75) is 51.0 Å². The molecule has 0 aliphatic heterocycles. The summed E-state index contributed by atoms with van der Waals surface area (Å²) in [6.07, 6.45) is 7.28. The molecule has 3 nitrogen and oxygen atoms in total. The van der Waals surface area contributed by atoms with E-state index in [2.05, 4.69) is 19.1 Å². The van der Waals surface area contributed by atoms with Crippen LogP contribution in [0.1, 0.15) is 60.0 Å². The fourth-order valence-electron chi connectivity index (χ4n) is 5.72. The van der Waals surface area contributed by atoms with E-state index < -0.39 is 0 Å². The van der Waals surface area contributed by atoms with Crippen molar-refractivity contribution in [1.29, 1.82) is 0 Å². The molecule has 2 fully saturated rings. The molecule has 0 amide bonds. The van der Waals surface area contributed by atoms with Crippen LogP contribution < -0.4 is 4.74 Å². The van der Waals surface area contributed by atoms with Gasteiger partial charge in [0.25, 0.3) is 0 Å². The molecule has 3 aliphatic rings. The van der Waals surface area contributed by atoms with Crippen LogP contribution in [0.5, 0.6) is 5.75 Å². The van der Waals surface area contributed by atoms with Crippen molar-refractivity contribution in [3.05, 3.63) is 76.9 Å². The molecule has 0 heterocycles. The van der Waals surface area contributed by atoms with E-state index in [1.807, 2.05) is 30.3 Å². The van der Waals surface area contributed by atoms with Gasteiger partial charge >= 0.3 is 5.97 Å². The second-order valence-corrected chi connectivity index (χ2v) is 8.77. The van der Waals surface area contributed by atoms with Gasteiger partial charge < -0.3 is 9.84 Å². The second kappa shape index (κ2) is 6.59. The SMILES string of the molecule is C[C@]12CC[C@H]3C(=CCc4cc(OC(=O)c5ccccc5)ccc43)[C@@H]1CC[C@@H]2O. The first-order chi connectivity index (χ1) is 13.6. The number of rotatable bonds is 2. The van der Waals surface area contributed by atoms with Crippen LogP contribution in [0.25, 0.3) is 0 Å². The normalized spacial score (nSPS) is 30.6. The number of ether oxygens (including phenoxy) is 1. The first-order valence-corrected chi connectivity index (χ1v) is 10.3. The van der Waals surface area contributed by atoms with Crippen LogP contribution in [0.15, 0.2) is 60.2 Å². The van der Waals surface area contributed by atoms with Gasteiger partial charge in [-0.3, -0.25) is 0 Å². The van der Waals surface area contributed by atoms with E-state index in [4.69, 9.17) is 4.74 Å². The number of hydrogen-bond acceptors (Lipinski definition) is 3. The maximum absolute atomic E-state index is 12.3. The first kappa shape index (κ1) is 17.7. The van der Waals surface area contributed by atoms with Crippen molar-refractivity contribution in [2.24, 2.45) is 11.3 Å². The molecule has 0 radical (unpaired) electrons. The number of hydrogen-bond donors (Lipinski definition) is 1. The zero-order valence-electron chi connectivity index (χ0n) is 16.2. The van der Waals surface area contributed by atoms with Crippen LogP contribution in [-0.4, -0.2) is 17.2 Å². The minimum Gasteiger partial charge on any atom is -0.423 e. The van der Waals surface area contributed by atoms with Crippen LogP contribution in [0.2, 0.25) is 0 Å². The molecule has 1 N–H and O–H groups in total. The smallest absolute Gasteiger partial charge is 0.343 e. The molecule has 0 unspecified atom stereocenters. The van der Waals surface area contributed by atoms with Gasteiger partial charge in [0.05, 0.1) is 11.7 Å². The zero-order valence-corrected chi connectivity index (χ0v) is 16.2. The third-order valence-corrected chi connectivity index (χ3v) is 7.33. The summed E-state index contributed by atoms with van der Waals surface area (Å²) in [5.74, 6) is 1.25. The molecule has 5 rings (SSSR count). The topological polar surface area (TPSA) is 46.5 Å². The lowest BCUT2D eigenvalue weighted by Crippen LogP contribution is -2.39. The maximum atomic E-state index is 12.3. The van der Waals surface area contributed by atoms with E-state index in [-0.39, 0.29) is 17.5 Å². The summed E-state index contributed by atoms with van der Waals surface area (Å²) in [6, 6.07) is 15.2. The number of benzene rings is 2. The molecule has 28 heavy (non-hydrogen) atoms. The first-order valence-electron chi connectivity index (χ1n) is 10.3. The molecule has 0 saturated heterocycles. The van der Waals surface area contributed by atoms with Gasteiger partial charge in [0.1, 0.15) is 5.75 Å². The molecule has 3 heteroatoms. The van der Waals surface area contributed by atoms with Crippen molar-refractivity contribution in [2.75, 3.05) is 0 Å². The largest absolute Gasteiger partial charge is 0.423 e. The lowest BCUT2D eigenvalue weighted by Gasteiger charge is -2.46. The van der Waals surface area contributed by atoms with Gasteiger partial charge in [-0.25, -0.2) is 4.79 Å². The van der Waals surface area contributed by atoms with Crippen molar-refractivity contribution >= 4 is 5.97 Å². The fourth-order valence-corrected chi connectivity index (χ4v) is 5.72. The predicted octanol–water partition coefficient (Wildman–Crippen LogP) is 5.04. The molecule has 144 valence electrons. The van der Waals surface area contributed by atoms with Gasteiger partial charge in [-0.2, -0.15) is 0 Å². The van der Waals surface area contributed by atoms with E-state index >= 15 is 0 Å². The third kappa shape index (κ3) is 2.72. The number of carbonyl (C=O) groups excluding carboxylic acids is 1. The average molecular weight is 374 g/mol. The van der Waals surface area contributed by atoms with Crippen molar-refractivity contribution in [3.63, 3.8) is 0 Å². The minimum atomic E-state index is -0.319. The summed E-state index contributed by atoms with van der Waals surface area (Å²) < 4.78 is 5.61. The molecule has 2 aromatic rings. The van der Waals surface area contributed by atoms with Gasteiger partial charge in [-0.15, -0.1) is 0 Å². The zero-order chi connectivity index (χ0) is 19.3. The fraction of sp³-hybridized carbons (Fsp3) is 0.400. The number of fused-ring (bicyclic) bond motifs is 5. The van der Waals surface area contributed by atoms with Gasteiger partial charge in [-0.05, 0) is 73.4 Å². The van der Waals surface area contributed by atoms with E-state index in [1.54, 1.807) is 12.1 Å². The molecular formula is C25H26O3. The lowest BCUT2D eigenvalue weighted by atomic mass is 9.59. The highest BCUT2D eigenvalue weighted by atomic mass is 16.5. The Morgan fingerprint density at radius 3 is 2.75 bits per heavy atom. The van der Waals surface area contributed by atoms with Crippen LogP contribution in [-0.2, 0) is 6.42 Å². The number of esters is 1. The Morgan fingerprint density at radius 1 is 1.11 bits per heavy atom. The summed E-state index contributed by atoms with van der Waals surface area (Å²) in [7, 11) is 0. The number of allylic oxidation sites excluding steroid dienone is 2. The minimum absolute atomic E-state index is 0.0466. The van der Waals surface area contributed by atoms with Gasteiger partial charge in [-0.1, -0.05) is 42.8 Å². The van der Waals surface area contributed by atoms with Crippen LogP contribution in [0.4, 0.5) is 0 Å². The highest BCUT2D eigenvalue weighted by molar-refractivity contribution is 5.91. The van der Waals surface area contributed by atoms with E-state index in [0.717, 1.165) is 32.1 Å². The lowest BCUT2D eigenvalue weighted by molar-refractivity contribution is 0.0267. The molecule has 3 aliphatic carbocycles. The monoisotopic (exact) mass is 374 g/mol. The molecule has 0 spiro atoms. The molecular weight excluding hydrogens is 348 g/mol. The van der Waals surface area contributed by atoms with E-state index in [9.17, 15) is 9.90 Å². The molecule has 4 atom stereocenters. The summed E-state index contributed by atoms with van der Waals surface area (Å²) in [4.78, 5) is 12.3. The number of aliphatic hydroxyl groups is 1. The second-order valence-electron chi connectivity index (χ2n) is 8.77. The summed E-state index contributed by atoms with van der Waals surface area (Å²) in [5, 5.41) is 10.5. The highest BCUT2D eigenvalue weighted by Crippen LogP contribution is 2.59. The maximum Gasteiger partial charge on any atom is 0.343 e. The van der Waals surface area contributed by atoms with Crippen LogP contribution in [0.3, 0.4) is 0 Å². The van der Waals surface area contributed by atoms with Crippen molar-refractivity contribution in [1.82, 2.24) is 0 Å². The quantitative estimate of drug-likeness (QED) is 0.455. The molecule has 2 saturated carbocycles. The van der Waals surface area contributed by atoms with Crippen molar-refractivity contribution < 1.29 is 14.6 Å². The van der Waals surface area contributed by atoms with Gasteiger partial charge in [0, 0.05) is 11.3 Å². The molecule has 2 aromatic carbocycles. The predicted molar refractivity (Wildman–Crippen MR) is 108 cm³/mol. The van der Waals surface area contributed by atoms with Gasteiger partial charge in [0.2, 0.25) is 0 Å². The Labute approximate surface area is 166 Å². The summed E-state index contributed by atoms with van der Waals surface area (Å²) in [6.45, 7) is 2.27. The Hall–Kier alpha value is -2.39. The average Bonchev–Trinajstić information content (AvgIpc) is 3.03. The Kier molecular flexibility index (Phi) is 4.17. The van der Waals surface area contributed by atoms with Gasteiger partial charge in [0.15, 0.2) is 0 Å². The van der Waals surface area contributed by atoms with E-state index in [0.29, 0.717) is 23.1 Å². The molecule has 0 bridgehead atoms. The van der Waals surface area contributed by atoms with E-state index in [1.165, 1.54) is 16.7 Å². The summed E-state index contributed by atoms with van der Waals surface area (Å²) >= 11 is 0. The highest BCUT2D eigenvalue weighted by Gasteiger charge is 2.51. The Bertz CT molecular complexity index is 946. The molecule has 0 aromatic heterocycles. The van der Waals surface area contributed by atoms with Crippen LogP contribution in [0, 0.1) is 11.3 Å². The van der Waals surface area contributed by atoms with Crippen LogP contribution >= 0.6 is 0 Å². The Morgan fingerprint density at radius 2 is 1.93 bits per heavy atom. The van der Waals surface area contributed by atoms with Crippen molar-refractivity contribution in [3.8, 4) is 5.75 Å². The third-order valence-electron chi connectivity index (χ3n) is 7.33. The standard InChI is InChI=1S/C25H26O3/c1-25-14-13-20-19-10-8-18(28-24(27)16-5-3-2-4-6-16)15-17(19)7-9-21(20)22(25)11-12-23(25)26/h2-6,8-10,15,20,22-23,26H,7,11-14H2,1H3/t20-,22+,23+,25+/m1/s1.